The van der Waals surface area contributed by atoms with Gasteiger partial charge in [-0.15, -0.1) is 0 Å². The summed E-state index contributed by atoms with van der Waals surface area (Å²) in [5, 5.41) is 3.43. The first kappa shape index (κ1) is 11.5. The molecule has 1 atom stereocenters. The molecule has 2 heteroatoms. The number of likely N-dealkylation sites (N-methyl/N-ethyl adjacent to an activating group) is 1. The number of hydrogen-bond acceptors (Lipinski definition) is 2. The zero-order chi connectivity index (χ0) is 11.8. The van der Waals surface area contributed by atoms with E-state index in [1.165, 1.54) is 17.7 Å². The monoisotopic (exact) mass is 218 g/mol. The molecular formula is C14H22N2. The van der Waals surface area contributed by atoms with Crippen molar-refractivity contribution in [2.24, 2.45) is 0 Å². The van der Waals surface area contributed by atoms with Gasteiger partial charge in [0, 0.05) is 23.8 Å². The van der Waals surface area contributed by atoms with Crippen LogP contribution in [0.3, 0.4) is 0 Å². The summed E-state index contributed by atoms with van der Waals surface area (Å²) in [5.74, 6) is 0. The minimum absolute atomic E-state index is 0.195. The molecule has 0 amide bonds. The van der Waals surface area contributed by atoms with Crippen LogP contribution < -0.4 is 10.2 Å². The Morgan fingerprint density at radius 2 is 2.00 bits per heavy atom. The second-order valence-corrected chi connectivity index (χ2v) is 5.22. The first-order valence-corrected chi connectivity index (χ1v) is 6.08. The highest BCUT2D eigenvalue weighted by atomic mass is 15.3. The summed E-state index contributed by atoms with van der Waals surface area (Å²) >= 11 is 0. The highest BCUT2D eigenvalue weighted by Gasteiger charge is 2.40. The van der Waals surface area contributed by atoms with Crippen molar-refractivity contribution in [3.8, 4) is 0 Å². The molecule has 1 aliphatic rings. The van der Waals surface area contributed by atoms with E-state index in [0.29, 0.717) is 6.04 Å². The molecule has 0 radical (unpaired) electrons. The third kappa shape index (κ3) is 1.71. The molecule has 1 fully saturated rings. The van der Waals surface area contributed by atoms with E-state index in [2.05, 4.69) is 62.3 Å². The smallest absolute Gasteiger partial charge is 0.0499 e. The van der Waals surface area contributed by atoms with Gasteiger partial charge in [-0.1, -0.05) is 18.2 Å². The summed E-state index contributed by atoms with van der Waals surface area (Å²) in [4.78, 5) is 2.53. The van der Waals surface area contributed by atoms with E-state index in [9.17, 15) is 0 Å². The average Bonchev–Trinajstić information content (AvgIpc) is 2.54. The largest absolute Gasteiger partial charge is 0.365 e. The average molecular weight is 218 g/mol. The topological polar surface area (TPSA) is 15.3 Å². The van der Waals surface area contributed by atoms with Crippen LogP contribution in [0.15, 0.2) is 24.3 Å². The fraction of sp³-hybridized carbons (Fsp3) is 0.571. The number of anilines is 1. The third-order valence-electron chi connectivity index (χ3n) is 3.94. The van der Waals surface area contributed by atoms with Crippen LogP contribution >= 0.6 is 0 Å². The molecular weight excluding hydrogens is 196 g/mol. The van der Waals surface area contributed by atoms with Gasteiger partial charge in [0.1, 0.15) is 0 Å². The molecule has 16 heavy (non-hydrogen) atoms. The van der Waals surface area contributed by atoms with Gasteiger partial charge in [-0.05, 0) is 45.9 Å². The lowest BCUT2D eigenvalue weighted by Crippen LogP contribution is -2.50. The van der Waals surface area contributed by atoms with Gasteiger partial charge in [0.25, 0.3) is 0 Å². The molecule has 0 saturated carbocycles. The molecule has 1 aromatic carbocycles. The van der Waals surface area contributed by atoms with E-state index in [-0.39, 0.29) is 5.54 Å². The molecule has 2 nitrogen and oxygen atoms in total. The molecule has 0 aromatic heterocycles. The van der Waals surface area contributed by atoms with Gasteiger partial charge in [0.15, 0.2) is 0 Å². The number of rotatable bonds is 2. The van der Waals surface area contributed by atoms with Crippen molar-refractivity contribution in [3.63, 3.8) is 0 Å². The minimum atomic E-state index is 0.195. The number of aryl methyl sites for hydroxylation is 1. The Labute approximate surface area is 98.7 Å². The van der Waals surface area contributed by atoms with Crippen LogP contribution in [0.5, 0.6) is 0 Å². The molecule has 1 saturated heterocycles. The lowest BCUT2D eigenvalue weighted by Gasteiger charge is -2.38. The van der Waals surface area contributed by atoms with Gasteiger partial charge >= 0.3 is 0 Å². The van der Waals surface area contributed by atoms with E-state index in [1.54, 1.807) is 0 Å². The number of nitrogens with zero attached hydrogens (tertiary/aromatic N) is 1. The van der Waals surface area contributed by atoms with E-state index >= 15 is 0 Å². The first-order valence-electron chi connectivity index (χ1n) is 6.08. The Kier molecular flexibility index (Phi) is 2.94. The van der Waals surface area contributed by atoms with E-state index in [0.717, 1.165) is 6.54 Å². The Bertz CT molecular complexity index is 371. The van der Waals surface area contributed by atoms with Crippen LogP contribution in [-0.2, 0) is 0 Å². The maximum Gasteiger partial charge on any atom is 0.0499 e. The standard InChI is InChI=1S/C14H22N2/c1-11-7-5-6-8-12(11)16-10-9-13(15-4)14(16,2)3/h5-8,13,15H,9-10H2,1-4H3. The van der Waals surface area contributed by atoms with Crippen molar-refractivity contribution < 1.29 is 0 Å². The van der Waals surface area contributed by atoms with Crippen LogP contribution in [0, 0.1) is 6.92 Å². The van der Waals surface area contributed by atoms with Crippen molar-refractivity contribution in [2.75, 3.05) is 18.5 Å². The quantitative estimate of drug-likeness (QED) is 0.820. The van der Waals surface area contributed by atoms with E-state index < -0.39 is 0 Å². The Balaban J connectivity index is 2.33. The van der Waals surface area contributed by atoms with E-state index in [1.807, 2.05) is 0 Å². The van der Waals surface area contributed by atoms with Gasteiger partial charge in [0.05, 0.1) is 0 Å². The molecule has 2 rings (SSSR count). The van der Waals surface area contributed by atoms with Gasteiger partial charge < -0.3 is 10.2 Å². The van der Waals surface area contributed by atoms with Crippen molar-refractivity contribution in [1.82, 2.24) is 5.32 Å². The predicted molar refractivity (Wildman–Crippen MR) is 70.1 cm³/mol. The number of benzene rings is 1. The third-order valence-corrected chi connectivity index (χ3v) is 3.94. The highest BCUT2D eigenvalue weighted by molar-refractivity contribution is 5.56. The maximum absolute atomic E-state index is 3.43. The molecule has 1 N–H and O–H groups in total. The predicted octanol–water partition coefficient (Wildman–Crippen LogP) is 2.57. The fourth-order valence-corrected chi connectivity index (χ4v) is 2.88. The first-order chi connectivity index (χ1) is 7.57. The maximum atomic E-state index is 3.43. The second kappa shape index (κ2) is 4.10. The van der Waals surface area contributed by atoms with Gasteiger partial charge in [-0.25, -0.2) is 0 Å². The molecule has 1 aromatic rings. The number of nitrogens with one attached hydrogen (secondary N) is 1. The van der Waals surface area contributed by atoms with Crippen molar-refractivity contribution in [2.45, 2.75) is 38.8 Å². The number of hydrogen-bond donors (Lipinski definition) is 1. The van der Waals surface area contributed by atoms with Crippen molar-refractivity contribution >= 4 is 5.69 Å². The zero-order valence-corrected chi connectivity index (χ0v) is 10.7. The summed E-state index contributed by atoms with van der Waals surface area (Å²) in [6.45, 7) is 7.99. The van der Waals surface area contributed by atoms with Crippen LogP contribution in [0.4, 0.5) is 5.69 Å². The second-order valence-electron chi connectivity index (χ2n) is 5.22. The Morgan fingerprint density at radius 3 is 2.56 bits per heavy atom. The SMILES string of the molecule is CNC1CCN(c2ccccc2C)C1(C)C. The molecule has 0 bridgehead atoms. The van der Waals surface area contributed by atoms with Gasteiger partial charge in [0.2, 0.25) is 0 Å². The lowest BCUT2D eigenvalue weighted by atomic mass is 9.95. The van der Waals surface area contributed by atoms with Crippen molar-refractivity contribution in [1.29, 1.82) is 0 Å². The van der Waals surface area contributed by atoms with Crippen LogP contribution in [0.25, 0.3) is 0 Å². The summed E-state index contributed by atoms with van der Waals surface area (Å²) in [6.07, 6.45) is 1.22. The molecule has 88 valence electrons. The summed E-state index contributed by atoms with van der Waals surface area (Å²) in [6, 6.07) is 9.24. The summed E-state index contributed by atoms with van der Waals surface area (Å²) < 4.78 is 0. The van der Waals surface area contributed by atoms with E-state index in [4.69, 9.17) is 0 Å². The lowest BCUT2D eigenvalue weighted by molar-refractivity contribution is 0.402. The molecule has 1 aliphatic heterocycles. The van der Waals surface area contributed by atoms with Crippen LogP contribution in [0.2, 0.25) is 0 Å². The molecule has 0 spiro atoms. The zero-order valence-electron chi connectivity index (χ0n) is 10.7. The summed E-state index contributed by atoms with van der Waals surface area (Å²) in [5.41, 5.74) is 2.94. The number of para-hydroxylation sites is 1. The molecule has 0 aliphatic carbocycles. The van der Waals surface area contributed by atoms with Crippen molar-refractivity contribution in [3.05, 3.63) is 29.8 Å². The van der Waals surface area contributed by atoms with Gasteiger partial charge in [-0.3, -0.25) is 0 Å². The van der Waals surface area contributed by atoms with Crippen LogP contribution in [-0.4, -0.2) is 25.2 Å². The fourth-order valence-electron chi connectivity index (χ4n) is 2.88. The Morgan fingerprint density at radius 1 is 1.31 bits per heavy atom. The Hall–Kier alpha value is -1.02. The van der Waals surface area contributed by atoms with Crippen LogP contribution in [0.1, 0.15) is 25.8 Å². The highest BCUT2D eigenvalue weighted by Crippen LogP contribution is 2.35. The molecule has 1 unspecified atom stereocenters. The normalized spacial score (nSPS) is 23.8. The summed E-state index contributed by atoms with van der Waals surface area (Å²) in [7, 11) is 2.06. The molecule has 1 heterocycles. The van der Waals surface area contributed by atoms with Gasteiger partial charge in [-0.2, -0.15) is 0 Å². The minimum Gasteiger partial charge on any atom is -0.365 e.